The van der Waals surface area contributed by atoms with Crippen molar-refractivity contribution in [1.82, 2.24) is 35.1 Å². The van der Waals surface area contributed by atoms with Gasteiger partial charge in [0.25, 0.3) is 0 Å². The zero-order valence-corrected chi connectivity index (χ0v) is 41.9. The number of rotatable bonds is 8. The van der Waals surface area contributed by atoms with Crippen LogP contribution in [-0.2, 0) is 19.1 Å². The number of methoxy groups -OCH3 is 1. The van der Waals surface area contributed by atoms with Gasteiger partial charge in [0.2, 0.25) is 11.8 Å². The summed E-state index contributed by atoms with van der Waals surface area (Å²) in [5.41, 5.74) is 4.80. The van der Waals surface area contributed by atoms with Crippen molar-refractivity contribution in [2.45, 2.75) is 91.0 Å². The first-order valence-electron chi connectivity index (χ1n) is 19.6. The van der Waals surface area contributed by atoms with E-state index >= 15 is 0 Å². The van der Waals surface area contributed by atoms with E-state index in [9.17, 15) is 14.4 Å². The molecule has 3 aliphatic rings. The third kappa shape index (κ3) is 12.2. The molecule has 0 aliphatic carbocycles. The van der Waals surface area contributed by atoms with Gasteiger partial charge in [0.1, 0.15) is 17.7 Å². The largest absolute Gasteiger partial charge is 0.453 e. The number of hydrogen-bond acceptors (Lipinski definition) is 7. The molecule has 6 atom stereocenters. The number of nitrogens with one attached hydrogen (secondary N) is 3. The van der Waals surface area contributed by atoms with Crippen LogP contribution in [-0.4, -0.2) is 86.1 Å². The molecule has 3 fully saturated rings. The highest BCUT2D eigenvalue weighted by molar-refractivity contribution is 7.60. The van der Waals surface area contributed by atoms with Crippen molar-refractivity contribution in [1.29, 1.82) is 0 Å². The summed E-state index contributed by atoms with van der Waals surface area (Å²) in [4.78, 5) is 59.9. The van der Waals surface area contributed by atoms with E-state index in [0.717, 1.165) is 65.0 Å². The van der Waals surface area contributed by atoms with Crippen molar-refractivity contribution in [3.8, 4) is 23.1 Å². The summed E-state index contributed by atoms with van der Waals surface area (Å²) < 4.78 is 11.1. The lowest BCUT2D eigenvalue weighted by Gasteiger charge is -2.30. The van der Waals surface area contributed by atoms with Crippen LogP contribution in [0.1, 0.15) is 102 Å². The lowest BCUT2D eigenvalue weighted by Crippen LogP contribution is -2.51. The average molecular weight is 952 g/mol. The normalized spacial score (nSPS) is 21.1. The van der Waals surface area contributed by atoms with Crippen LogP contribution in [0, 0.1) is 35.5 Å². The Balaban J connectivity index is 0.00000310. The van der Waals surface area contributed by atoms with Gasteiger partial charge in [0.15, 0.2) is 0 Å². The molecule has 4 aromatic rings. The molecule has 3 saturated heterocycles. The van der Waals surface area contributed by atoms with E-state index in [0.29, 0.717) is 31.3 Å². The van der Waals surface area contributed by atoms with E-state index in [-0.39, 0.29) is 123 Å². The lowest BCUT2D eigenvalue weighted by atomic mass is 9.96. The summed E-state index contributed by atoms with van der Waals surface area (Å²) in [6.45, 7) is 14.1. The van der Waals surface area contributed by atoms with E-state index in [1.54, 1.807) is 0 Å². The summed E-state index contributed by atoms with van der Waals surface area (Å²) in [6.07, 6.45) is 4.55. The monoisotopic (exact) mass is 951 g/mol. The number of benzene rings is 2. The molecule has 5 heterocycles. The number of imidazole rings is 2. The van der Waals surface area contributed by atoms with Gasteiger partial charge in [0, 0.05) is 36.6 Å². The minimum Gasteiger partial charge on any atom is -0.453 e. The summed E-state index contributed by atoms with van der Waals surface area (Å²) in [5.74, 6) is 8.65. The Labute approximate surface area is 402 Å². The summed E-state index contributed by atoms with van der Waals surface area (Å²) >= 11 is 0. The van der Waals surface area contributed by atoms with Gasteiger partial charge >= 0.3 is 6.09 Å². The molecule has 2 aromatic heterocycles. The van der Waals surface area contributed by atoms with E-state index in [2.05, 4.69) is 47.9 Å². The number of amides is 3. The van der Waals surface area contributed by atoms with Gasteiger partial charge in [-0.3, -0.25) is 9.59 Å². The fourth-order valence-electron chi connectivity index (χ4n) is 8.23. The Morgan fingerprint density at radius 1 is 0.869 bits per heavy atom. The van der Waals surface area contributed by atoms with Crippen molar-refractivity contribution in [3.63, 3.8) is 0 Å². The van der Waals surface area contributed by atoms with E-state index in [1.165, 1.54) is 7.11 Å². The maximum Gasteiger partial charge on any atom is 0.407 e. The Hall–Kier alpha value is -3.05. The first kappa shape index (κ1) is 56.0. The third-order valence-electron chi connectivity index (χ3n) is 11.7. The number of nitrogens with zero attached hydrogens (tertiary/aromatic N) is 4. The van der Waals surface area contributed by atoms with E-state index in [1.807, 2.05) is 79.2 Å². The van der Waals surface area contributed by atoms with Crippen LogP contribution >= 0.6 is 81.0 Å². The molecule has 0 unspecified atom stereocenters. The number of fused-ring (bicyclic) bond motifs is 1. The maximum atomic E-state index is 14.0. The first-order valence-corrected chi connectivity index (χ1v) is 19.6. The van der Waals surface area contributed by atoms with Crippen molar-refractivity contribution >= 4 is 110 Å². The molecule has 2 aromatic carbocycles. The zero-order valence-electron chi connectivity index (χ0n) is 35.9. The number of likely N-dealkylation sites (tertiary alicyclic amines) is 2. The number of carbonyl (C=O) groups excluding carboxylic acids is 3. The smallest absolute Gasteiger partial charge is 0.407 e. The average Bonchev–Trinajstić information content (AvgIpc) is 4.03. The van der Waals surface area contributed by atoms with Gasteiger partial charge in [0.05, 0.1) is 54.3 Å². The van der Waals surface area contributed by atoms with Crippen molar-refractivity contribution < 1.29 is 23.9 Å². The van der Waals surface area contributed by atoms with Crippen LogP contribution in [0.15, 0.2) is 48.7 Å². The van der Waals surface area contributed by atoms with Crippen LogP contribution in [0.25, 0.3) is 22.3 Å². The summed E-state index contributed by atoms with van der Waals surface area (Å²) in [7, 11) is 1.29. The van der Waals surface area contributed by atoms with E-state index in [4.69, 9.17) is 19.4 Å². The third-order valence-corrected chi connectivity index (χ3v) is 11.7. The molecular weight excluding hydrogens is 887 g/mol. The number of hydrogen-bond donors (Lipinski definition) is 3. The van der Waals surface area contributed by atoms with Crippen molar-refractivity contribution in [3.05, 3.63) is 71.4 Å². The highest BCUT2D eigenvalue weighted by Crippen LogP contribution is 2.45. The minimum atomic E-state index is -0.744. The number of aromatic nitrogens is 4. The maximum absolute atomic E-state index is 14.0. The second kappa shape index (κ2) is 23.6. The summed E-state index contributed by atoms with van der Waals surface area (Å²) in [6, 6.07) is 12.8. The molecule has 1 spiro atoms. The second-order valence-corrected chi connectivity index (χ2v) is 16.4. The molecule has 0 saturated carbocycles. The molecule has 0 bridgehead atoms. The zero-order chi connectivity index (χ0) is 39.0. The first-order chi connectivity index (χ1) is 26.3. The van der Waals surface area contributed by atoms with Crippen LogP contribution in [0.3, 0.4) is 0 Å². The van der Waals surface area contributed by atoms with Gasteiger partial charge in [-0.05, 0) is 72.9 Å². The lowest BCUT2D eigenvalue weighted by molar-refractivity contribution is -0.137. The molecule has 61 heavy (non-hydrogen) atoms. The number of ether oxygens (including phenoxy) is 2. The summed E-state index contributed by atoms with van der Waals surface area (Å²) in [5, 5.41) is 2.73. The van der Waals surface area contributed by atoms with Crippen molar-refractivity contribution in [2.24, 2.45) is 23.7 Å². The molecule has 338 valence electrons. The SMILES string of the molecule is COC(=O)N[C@H](C(=O)N1C[C@]2(CCCO2)C[C@H]1c1nc2ccc(C#Cc3ccc(-c4cnc([C@@H]5C[C@H](C)CN5C(=O)[C@@H](C)C(C)C)[nH]4)cc3)cc2[nH]1)C(C)C.S.S.S.S.S.S. The number of aromatic amines is 2. The van der Waals surface area contributed by atoms with Crippen molar-refractivity contribution in [2.75, 3.05) is 26.8 Å². The number of carbonyl (C=O) groups is 3. The molecule has 18 heteroatoms. The van der Waals surface area contributed by atoms with Gasteiger partial charge in [-0.2, -0.15) is 81.0 Å². The highest BCUT2D eigenvalue weighted by atomic mass is 32.1. The predicted octanol–water partition coefficient (Wildman–Crippen LogP) is 7.43. The van der Waals surface area contributed by atoms with Crippen LogP contribution in [0.4, 0.5) is 4.79 Å². The molecule has 12 nitrogen and oxygen atoms in total. The topological polar surface area (TPSA) is 146 Å². The van der Waals surface area contributed by atoms with Gasteiger partial charge in [-0.1, -0.05) is 65.5 Å². The second-order valence-electron chi connectivity index (χ2n) is 16.4. The minimum absolute atomic E-state index is 0. The highest BCUT2D eigenvalue weighted by Gasteiger charge is 2.51. The molecule has 0 radical (unpaired) electrons. The Morgan fingerprint density at radius 2 is 1.54 bits per heavy atom. The fraction of sp³-hybridized carbons (Fsp3) is 0.512. The standard InChI is InChI=1S/C43H53N7O5.6H2S/c1-25(2)28(6)40(51)49-23-27(5)19-35(49)38-44-22-34(47-38)31-14-11-29(12-15-31)9-10-30-13-16-32-33(20-30)46-39(45-32)36-21-43(17-8-18-55-43)24-50(36)41(52)37(26(3)4)48-42(53)54-7;;;;;;/h11-16,20,22,25-28,35-37H,8,17-19,21,23-24H2,1-7H3,(H,44,47)(H,45,46)(H,48,53);6*1H2/t27-,28-,35-,36-,37-,43-;;;;;;/m0....../s1. The number of alkyl carbamates (subject to hydrolysis) is 1. The molecule has 3 aliphatic heterocycles. The fourth-order valence-corrected chi connectivity index (χ4v) is 8.23. The van der Waals surface area contributed by atoms with Gasteiger partial charge < -0.3 is 34.6 Å². The Bertz CT molecular complexity index is 2130. The van der Waals surface area contributed by atoms with E-state index < -0.39 is 17.7 Å². The Morgan fingerprint density at radius 3 is 2.16 bits per heavy atom. The van der Waals surface area contributed by atoms with Crippen LogP contribution in [0.5, 0.6) is 0 Å². The molecular formula is C43H65N7O5S6. The van der Waals surface area contributed by atoms with Gasteiger partial charge in [-0.15, -0.1) is 0 Å². The van der Waals surface area contributed by atoms with Gasteiger partial charge in [-0.25, -0.2) is 14.8 Å². The number of H-pyrrole nitrogens is 2. The quantitative estimate of drug-likeness (QED) is 0.156. The Kier molecular flexibility index (Phi) is 21.6. The predicted molar refractivity (Wildman–Crippen MR) is 272 cm³/mol. The van der Waals surface area contributed by atoms with Crippen LogP contribution < -0.4 is 5.32 Å². The molecule has 3 amide bonds. The molecule has 7 rings (SSSR count). The van der Waals surface area contributed by atoms with Crippen LogP contribution in [0.2, 0.25) is 0 Å². The molecule has 3 N–H and O–H groups in total.